The average Bonchev–Trinajstić information content (AvgIpc) is 2.32. The molecular weight excluding hydrogens is 321 g/mol. The van der Waals surface area contributed by atoms with Crippen LogP contribution in [-0.2, 0) is 0 Å². The fourth-order valence-electron chi connectivity index (χ4n) is 2.73. The quantitative estimate of drug-likeness (QED) is 0.655. The predicted octanol–water partition coefficient (Wildman–Crippen LogP) is 3.29. The van der Waals surface area contributed by atoms with Crippen LogP contribution < -0.4 is 11.1 Å². The highest BCUT2D eigenvalue weighted by molar-refractivity contribution is 9.10. The van der Waals surface area contributed by atoms with Gasteiger partial charge in [0.1, 0.15) is 5.82 Å². The molecule has 0 aromatic heterocycles. The molecule has 20 heavy (non-hydrogen) atoms. The van der Waals surface area contributed by atoms with Gasteiger partial charge in [0.15, 0.2) is 5.96 Å². The maximum absolute atomic E-state index is 13.2. The number of aliphatic imine (C=N–C) groups is 1. The lowest BCUT2D eigenvalue weighted by Gasteiger charge is -2.37. The SMILES string of the molecule is NC(=NC1CCC1)NC1CC(c2ccc(F)c(Br)c2)C1. The van der Waals surface area contributed by atoms with Gasteiger partial charge in [-0.1, -0.05) is 6.07 Å². The second-order valence-electron chi connectivity index (χ2n) is 5.78. The molecule has 0 amide bonds. The number of nitrogens with two attached hydrogens (primary N) is 1. The summed E-state index contributed by atoms with van der Waals surface area (Å²) in [5.74, 6) is 0.860. The third-order valence-corrected chi connectivity index (χ3v) is 4.91. The van der Waals surface area contributed by atoms with E-state index in [9.17, 15) is 4.39 Å². The summed E-state index contributed by atoms with van der Waals surface area (Å²) in [4.78, 5) is 4.45. The molecule has 2 saturated carbocycles. The van der Waals surface area contributed by atoms with Gasteiger partial charge in [0, 0.05) is 6.04 Å². The molecule has 5 heteroatoms. The zero-order valence-corrected chi connectivity index (χ0v) is 12.9. The van der Waals surface area contributed by atoms with E-state index in [0.717, 1.165) is 12.8 Å². The highest BCUT2D eigenvalue weighted by Crippen LogP contribution is 2.38. The van der Waals surface area contributed by atoms with Crippen molar-refractivity contribution in [3.8, 4) is 0 Å². The molecule has 0 saturated heterocycles. The molecule has 2 aliphatic rings. The first-order valence-electron chi connectivity index (χ1n) is 7.16. The lowest BCUT2D eigenvalue weighted by atomic mass is 9.76. The van der Waals surface area contributed by atoms with E-state index in [2.05, 4.69) is 26.2 Å². The number of nitrogens with one attached hydrogen (secondary N) is 1. The van der Waals surface area contributed by atoms with Crippen LogP contribution in [0.4, 0.5) is 4.39 Å². The Kier molecular flexibility index (Phi) is 3.96. The molecule has 2 aliphatic carbocycles. The number of nitrogens with zero attached hydrogens (tertiary/aromatic N) is 1. The van der Waals surface area contributed by atoms with Gasteiger partial charge < -0.3 is 11.1 Å². The third kappa shape index (κ3) is 2.97. The Balaban J connectivity index is 1.50. The maximum Gasteiger partial charge on any atom is 0.189 e. The van der Waals surface area contributed by atoms with Crippen LogP contribution in [0.5, 0.6) is 0 Å². The number of guanidine groups is 1. The van der Waals surface area contributed by atoms with Crippen LogP contribution in [0.15, 0.2) is 27.7 Å². The van der Waals surface area contributed by atoms with Crippen molar-refractivity contribution in [2.45, 2.75) is 50.1 Å². The number of halogens is 2. The molecule has 0 atom stereocenters. The Labute approximate surface area is 127 Å². The first-order valence-corrected chi connectivity index (χ1v) is 7.96. The van der Waals surface area contributed by atoms with Crippen molar-refractivity contribution < 1.29 is 4.39 Å². The number of hydrogen-bond donors (Lipinski definition) is 2. The molecule has 0 aliphatic heterocycles. The second kappa shape index (κ2) is 5.72. The summed E-state index contributed by atoms with van der Waals surface area (Å²) in [6.07, 6.45) is 5.66. The monoisotopic (exact) mass is 339 g/mol. The molecule has 0 heterocycles. The Morgan fingerprint density at radius 3 is 2.70 bits per heavy atom. The normalized spacial score (nSPS) is 26.8. The minimum atomic E-state index is -0.209. The minimum Gasteiger partial charge on any atom is -0.370 e. The molecule has 2 fully saturated rings. The molecule has 0 bridgehead atoms. The summed E-state index contributed by atoms with van der Waals surface area (Å²) in [7, 11) is 0. The van der Waals surface area contributed by atoms with Crippen molar-refractivity contribution in [3.63, 3.8) is 0 Å². The van der Waals surface area contributed by atoms with E-state index in [-0.39, 0.29) is 5.82 Å². The van der Waals surface area contributed by atoms with Gasteiger partial charge in [0.25, 0.3) is 0 Å². The van der Waals surface area contributed by atoms with Gasteiger partial charge in [-0.2, -0.15) is 0 Å². The molecule has 3 rings (SSSR count). The average molecular weight is 340 g/mol. The van der Waals surface area contributed by atoms with E-state index in [1.165, 1.54) is 30.9 Å². The van der Waals surface area contributed by atoms with E-state index in [1.54, 1.807) is 0 Å². The maximum atomic E-state index is 13.2. The lowest BCUT2D eigenvalue weighted by Crippen LogP contribution is -2.47. The van der Waals surface area contributed by atoms with Crippen LogP contribution >= 0.6 is 15.9 Å². The number of benzene rings is 1. The summed E-state index contributed by atoms with van der Waals surface area (Å²) >= 11 is 3.23. The van der Waals surface area contributed by atoms with Crippen LogP contribution in [0, 0.1) is 5.82 Å². The summed E-state index contributed by atoms with van der Waals surface area (Å²) in [6.45, 7) is 0. The molecular formula is C15H19BrFN3. The zero-order valence-electron chi connectivity index (χ0n) is 11.3. The van der Waals surface area contributed by atoms with Crippen molar-refractivity contribution in [1.29, 1.82) is 0 Å². The standard InChI is InChI=1S/C15H19BrFN3/c16-13-8-9(4-5-14(13)17)10-6-12(7-10)20-15(18)19-11-2-1-3-11/h4-5,8,10-12H,1-3,6-7H2,(H3,18,19,20). The molecule has 3 nitrogen and oxygen atoms in total. The molecule has 1 aromatic rings. The Morgan fingerprint density at radius 1 is 1.35 bits per heavy atom. The van der Waals surface area contributed by atoms with Crippen LogP contribution in [0.25, 0.3) is 0 Å². The van der Waals surface area contributed by atoms with Crippen LogP contribution in [0.2, 0.25) is 0 Å². The van der Waals surface area contributed by atoms with Crippen LogP contribution in [0.1, 0.15) is 43.6 Å². The zero-order chi connectivity index (χ0) is 14.1. The largest absolute Gasteiger partial charge is 0.370 e. The lowest BCUT2D eigenvalue weighted by molar-refractivity contribution is 0.321. The first kappa shape index (κ1) is 13.9. The van der Waals surface area contributed by atoms with E-state index in [4.69, 9.17) is 5.73 Å². The van der Waals surface area contributed by atoms with E-state index >= 15 is 0 Å². The van der Waals surface area contributed by atoms with Gasteiger partial charge >= 0.3 is 0 Å². The van der Waals surface area contributed by atoms with Crippen molar-refractivity contribution in [2.24, 2.45) is 10.7 Å². The van der Waals surface area contributed by atoms with Crippen LogP contribution in [-0.4, -0.2) is 18.0 Å². The van der Waals surface area contributed by atoms with E-state index in [0.29, 0.717) is 28.4 Å². The van der Waals surface area contributed by atoms with Gasteiger partial charge in [-0.15, -0.1) is 0 Å². The topological polar surface area (TPSA) is 50.4 Å². The summed E-state index contributed by atoms with van der Waals surface area (Å²) in [5, 5.41) is 3.28. The third-order valence-electron chi connectivity index (χ3n) is 4.30. The van der Waals surface area contributed by atoms with Crippen LogP contribution in [0.3, 0.4) is 0 Å². The molecule has 0 unspecified atom stereocenters. The van der Waals surface area contributed by atoms with Gasteiger partial charge in [0.2, 0.25) is 0 Å². The predicted molar refractivity (Wildman–Crippen MR) is 82.3 cm³/mol. The van der Waals surface area contributed by atoms with Gasteiger partial charge in [0.05, 0.1) is 10.5 Å². The van der Waals surface area contributed by atoms with E-state index < -0.39 is 0 Å². The Morgan fingerprint density at radius 2 is 2.10 bits per heavy atom. The van der Waals surface area contributed by atoms with Crippen molar-refractivity contribution in [3.05, 3.63) is 34.1 Å². The van der Waals surface area contributed by atoms with Gasteiger partial charge in [-0.05, 0) is 71.6 Å². The minimum absolute atomic E-state index is 0.209. The first-order chi connectivity index (χ1) is 9.61. The Bertz CT molecular complexity index is 522. The second-order valence-corrected chi connectivity index (χ2v) is 6.64. The Hall–Kier alpha value is -1.10. The highest BCUT2D eigenvalue weighted by atomic mass is 79.9. The smallest absolute Gasteiger partial charge is 0.189 e. The molecule has 1 aromatic carbocycles. The summed E-state index contributed by atoms with van der Waals surface area (Å²) in [5.41, 5.74) is 7.09. The molecule has 0 spiro atoms. The fraction of sp³-hybridized carbons (Fsp3) is 0.533. The molecule has 0 radical (unpaired) electrons. The van der Waals surface area contributed by atoms with Gasteiger partial charge in [-0.3, -0.25) is 4.99 Å². The highest BCUT2D eigenvalue weighted by Gasteiger charge is 2.31. The summed E-state index contributed by atoms with van der Waals surface area (Å²) in [6, 6.07) is 6.10. The van der Waals surface area contributed by atoms with Crippen molar-refractivity contribution in [1.82, 2.24) is 5.32 Å². The fourth-order valence-corrected chi connectivity index (χ4v) is 3.13. The van der Waals surface area contributed by atoms with Gasteiger partial charge in [-0.25, -0.2) is 4.39 Å². The molecule has 3 N–H and O–H groups in total. The number of hydrogen-bond acceptors (Lipinski definition) is 1. The number of rotatable bonds is 3. The molecule has 108 valence electrons. The summed E-state index contributed by atoms with van der Waals surface area (Å²) < 4.78 is 13.7. The van der Waals surface area contributed by atoms with Crippen molar-refractivity contribution in [2.75, 3.05) is 0 Å². The van der Waals surface area contributed by atoms with Crippen molar-refractivity contribution >= 4 is 21.9 Å². The van der Waals surface area contributed by atoms with E-state index in [1.807, 2.05) is 12.1 Å².